The Kier molecular flexibility index (Phi) is 5.61. The molecule has 3 N–H and O–H groups in total. The van der Waals surface area contributed by atoms with Crippen LogP contribution < -0.4 is 5.32 Å². The second-order valence-electron chi connectivity index (χ2n) is 5.63. The van der Waals surface area contributed by atoms with Crippen LogP contribution in [0, 0.1) is 5.92 Å². The third-order valence-electron chi connectivity index (χ3n) is 4.11. The maximum Gasteiger partial charge on any atom is 0.272 e. The Morgan fingerprint density at radius 3 is 2.71 bits per heavy atom. The molecule has 1 aromatic rings. The zero-order chi connectivity index (χ0) is 15.4. The summed E-state index contributed by atoms with van der Waals surface area (Å²) in [6, 6.07) is 0.777. The van der Waals surface area contributed by atoms with Gasteiger partial charge in [-0.25, -0.2) is 0 Å². The molecule has 0 aromatic carbocycles. The highest BCUT2D eigenvalue weighted by Crippen LogP contribution is 2.27. The second kappa shape index (κ2) is 7.24. The SMILES string of the molecule is Cn1nc(C(=O)NC(CO)C(O)C2CCCCC2)cc1Cl. The fraction of sp³-hybridized carbons (Fsp3) is 0.714. The van der Waals surface area contributed by atoms with E-state index in [1.165, 1.54) is 17.2 Å². The number of hydrogen-bond donors (Lipinski definition) is 3. The van der Waals surface area contributed by atoms with Crippen molar-refractivity contribution in [2.45, 2.75) is 44.2 Å². The molecule has 0 spiro atoms. The van der Waals surface area contributed by atoms with E-state index in [9.17, 15) is 15.0 Å². The summed E-state index contributed by atoms with van der Waals surface area (Å²) >= 11 is 5.85. The molecule has 6 nitrogen and oxygen atoms in total. The zero-order valence-electron chi connectivity index (χ0n) is 12.1. The number of aryl methyl sites for hydroxylation is 1. The number of amides is 1. The Labute approximate surface area is 129 Å². The Hall–Kier alpha value is -1.11. The van der Waals surface area contributed by atoms with Crippen molar-refractivity contribution in [1.82, 2.24) is 15.1 Å². The van der Waals surface area contributed by atoms with Crippen LogP contribution in [0.2, 0.25) is 5.15 Å². The van der Waals surface area contributed by atoms with Gasteiger partial charge in [-0.15, -0.1) is 0 Å². The van der Waals surface area contributed by atoms with E-state index in [2.05, 4.69) is 10.4 Å². The lowest BCUT2D eigenvalue weighted by atomic mass is 9.83. The number of halogens is 1. The van der Waals surface area contributed by atoms with Crippen LogP contribution in [0.5, 0.6) is 0 Å². The van der Waals surface area contributed by atoms with Crippen molar-refractivity contribution < 1.29 is 15.0 Å². The quantitative estimate of drug-likeness (QED) is 0.759. The van der Waals surface area contributed by atoms with E-state index >= 15 is 0 Å². The molecule has 0 aliphatic heterocycles. The van der Waals surface area contributed by atoms with Crippen molar-refractivity contribution in [2.24, 2.45) is 13.0 Å². The van der Waals surface area contributed by atoms with Gasteiger partial charge in [-0.3, -0.25) is 9.48 Å². The Bertz CT molecular complexity index is 466. The lowest BCUT2D eigenvalue weighted by Gasteiger charge is -2.31. The minimum absolute atomic E-state index is 0.128. The van der Waals surface area contributed by atoms with Gasteiger partial charge in [0.05, 0.1) is 18.8 Å². The summed E-state index contributed by atoms with van der Waals surface area (Å²) in [6.07, 6.45) is 4.49. The normalized spacial score (nSPS) is 19.2. The highest BCUT2D eigenvalue weighted by molar-refractivity contribution is 6.29. The van der Waals surface area contributed by atoms with Crippen molar-refractivity contribution in [3.63, 3.8) is 0 Å². The zero-order valence-corrected chi connectivity index (χ0v) is 12.9. The monoisotopic (exact) mass is 315 g/mol. The van der Waals surface area contributed by atoms with Crippen LogP contribution in [0.15, 0.2) is 6.07 Å². The van der Waals surface area contributed by atoms with Crippen LogP contribution >= 0.6 is 11.6 Å². The topological polar surface area (TPSA) is 87.4 Å². The van der Waals surface area contributed by atoms with Crippen LogP contribution in [-0.4, -0.2) is 44.7 Å². The number of nitrogens with zero attached hydrogens (tertiary/aromatic N) is 2. The van der Waals surface area contributed by atoms with E-state index < -0.39 is 18.1 Å². The fourth-order valence-corrected chi connectivity index (χ4v) is 2.98. The maximum absolute atomic E-state index is 12.1. The van der Waals surface area contributed by atoms with Gasteiger partial charge >= 0.3 is 0 Å². The summed E-state index contributed by atoms with van der Waals surface area (Å²) in [4.78, 5) is 12.1. The first-order chi connectivity index (χ1) is 10.0. The van der Waals surface area contributed by atoms with E-state index in [1.807, 2.05) is 0 Å². The number of carbonyl (C=O) groups excluding carboxylic acids is 1. The Morgan fingerprint density at radius 1 is 1.52 bits per heavy atom. The third-order valence-corrected chi connectivity index (χ3v) is 4.47. The van der Waals surface area contributed by atoms with Crippen LogP contribution in [0.1, 0.15) is 42.6 Å². The molecule has 0 bridgehead atoms. The van der Waals surface area contributed by atoms with Gasteiger partial charge in [-0.05, 0) is 18.8 Å². The molecule has 1 fully saturated rings. The maximum atomic E-state index is 12.1. The summed E-state index contributed by atoms with van der Waals surface area (Å²) in [5.41, 5.74) is 0.178. The summed E-state index contributed by atoms with van der Waals surface area (Å²) in [7, 11) is 1.64. The predicted molar refractivity (Wildman–Crippen MR) is 79.1 cm³/mol. The van der Waals surface area contributed by atoms with Gasteiger partial charge in [0.2, 0.25) is 0 Å². The number of aliphatic hydroxyl groups excluding tert-OH is 2. The number of carbonyl (C=O) groups is 1. The molecule has 2 unspecified atom stereocenters. The molecule has 0 radical (unpaired) electrons. The van der Waals surface area contributed by atoms with Gasteiger partial charge in [0.1, 0.15) is 5.15 Å². The molecule has 21 heavy (non-hydrogen) atoms. The van der Waals surface area contributed by atoms with Crippen molar-refractivity contribution in [1.29, 1.82) is 0 Å². The third kappa shape index (κ3) is 3.96. The Morgan fingerprint density at radius 2 is 2.19 bits per heavy atom. The lowest BCUT2D eigenvalue weighted by molar-refractivity contribution is 0.0277. The van der Waals surface area contributed by atoms with Gasteiger partial charge in [-0.1, -0.05) is 30.9 Å². The van der Waals surface area contributed by atoms with E-state index in [4.69, 9.17) is 11.6 Å². The van der Waals surface area contributed by atoms with Gasteiger partial charge in [-0.2, -0.15) is 5.10 Å². The minimum Gasteiger partial charge on any atom is -0.394 e. The molecular formula is C14H22ClN3O3. The van der Waals surface area contributed by atoms with Crippen LogP contribution in [0.3, 0.4) is 0 Å². The van der Waals surface area contributed by atoms with Crippen molar-refractivity contribution in [3.05, 3.63) is 16.9 Å². The molecule has 7 heteroatoms. The smallest absolute Gasteiger partial charge is 0.272 e. The number of hydrogen-bond acceptors (Lipinski definition) is 4. The van der Waals surface area contributed by atoms with E-state index in [1.54, 1.807) is 7.05 Å². The highest BCUT2D eigenvalue weighted by Gasteiger charge is 2.30. The molecule has 118 valence electrons. The first kappa shape index (κ1) is 16.3. The van der Waals surface area contributed by atoms with Crippen LogP contribution in [0.25, 0.3) is 0 Å². The average molecular weight is 316 g/mol. The van der Waals surface area contributed by atoms with E-state index in [-0.39, 0.29) is 18.2 Å². The molecular weight excluding hydrogens is 294 g/mol. The average Bonchev–Trinajstić information content (AvgIpc) is 2.84. The molecule has 2 atom stereocenters. The standard InChI is InChI=1S/C14H22ClN3O3/c1-18-12(15)7-10(17-18)14(21)16-11(8-19)13(20)9-5-3-2-4-6-9/h7,9,11,13,19-20H,2-6,8H2,1H3,(H,16,21). The molecule has 1 aliphatic carbocycles. The largest absolute Gasteiger partial charge is 0.394 e. The summed E-state index contributed by atoms with van der Waals surface area (Å²) in [5, 5.41) is 26.8. The summed E-state index contributed by atoms with van der Waals surface area (Å²) < 4.78 is 1.39. The Balaban J connectivity index is 1.98. The molecule has 1 amide bonds. The van der Waals surface area contributed by atoms with Gasteiger partial charge in [0.25, 0.3) is 5.91 Å². The van der Waals surface area contributed by atoms with Gasteiger partial charge in [0, 0.05) is 13.1 Å². The predicted octanol–water partition coefficient (Wildman–Crippen LogP) is 1.11. The number of rotatable bonds is 5. The summed E-state index contributed by atoms with van der Waals surface area (Å²) in [6.45, 7) is -0.302. The molecule has 0 saturated heterocycles. The van der Waals surface area contributed by atoms with Crippen molar-refractivity contribution in [2.75, 3.05) is 6.61 Å². The highest BCUT2D eigenvalue weighted by atomic mass is 35.5. The summed E-state index contributed by atoms with van der Waals surface area (Å²) in [5.74, 6) is -0.310. The lowest BCUT2D eigenvalue weighted by Crippen LogP contribution is -2.49. The number of aromatic nitrogens is 2. The van der Waals surface area contributed by atoms with Gasteiger partial charge in [0.15, 0.2) is 5.69 Å². The number of aliphatic hydroxyl groups is 2. The van der Waals surface area contributed by atoms with E-state index in [0.29, 0.717) is 5.15 Å². The second-order valence-corrected chi connectivity index (χ2v) is 6.01. The number of nitrogens with one attached hydrogen (secondary N) is 1. The van der Waals surface area contributed by atoms with Crippen molar-refractivity contribution in [3.8, 4) is 0 Å². The molecule has 1 aromatic heterocycles. The first-order valence-electron chi connectivity index (χ1n) is 7.32. The van der Waals surface area contributed by atoms with Crippen LogP contribution in [0.4, 0.5) is 0 Å². The first-order valence-corrected chi connectivity index (χ1v) is 7.70. The van der Waals surface area contributed by atoms with Crippen molar-refractivity contribution >= 4 is 17.5 Å². The molecule has 1 heterocycles. The fourth-order valence-electron chi connectivity index (χ4n) is 2.84. The minimum atomic E-state index is -0.738. The van der Waals surface area contributed by atoms with E-state index in [0.717, 1.165) is 25.7 Å². The molecule has 1 aliphatic rings. The molecule has 1 saturated carbocycles. The molecule has 2 rings (SSSR count). The van der Waals surface area contributed by atoms with Gasteiger partial charge < -0.3 is 15.5 Å². The van der Waals surface area contributed by atoms with Crippen LogP contribution in [-0.2, 0) is 7.05 Å².